The lowest BCUT2D eigenvalue weighted by atomic mass is 10.2. The van der Waals surface area contributed by atoms with E-state index in [-0.39, 0.29) is 0 Å². The summed E-state index contributed by atoms with van der Waals surface area (Å²) in [6, 6.07) is 5.91. The molecule has 4 aromatic rings. The molecule has 0 spiro atoms. The number of nitrogens with zero attached hydrogens (tertiary/aromatic N) is 6. The summed E-state index contributed by atoms with van der Waals surface area (Å²) in [6.45, 7) is 11.3. The minimum atomic E-state index is 0.757. The van der Waals surface area contributed by atoms with Crippen molar-refractivity contribution in [3.05, 3.63) is 40.7 Å². The van der Waals surface area contributed by atoms with Crippen molar-refractivity contribution in [3.8, 4) is 0 Å². The summed E-state index contributed by atoms with van der Waals surface area (Å²) in [7, 11) is 0. The number of thiophene rings is 1. The summed E-state index contributed by atoms with van der Waals surface area (Å²) >= 11 is 3.30. The zero-order chi connectivity index (χ0) is 19.0. The fourth-order valence-corrected chi connectivity index (χ4v) is 5.15. The summed E-state index contributed by atoms with van der Waals surface area (Å²) in [5.41, 5.74) is 2.09. The van der Waals surface area contributed by atoms with Gasteiger partial charge in [0.1, 0.15) is 15.7 Å². The molecule has 0 unspecified atom stereocenters. The fourth-order valence-electron chi connectivity index (χ4n) is 3.02. The van der Waals surface area contributed by atoms with Crippen LogP contribution in [-0.4, -0.2) is 42.6 Å². The van der Waals surface area contributed by atoms with Crippen LogP contribution < -0.4 is 0 Å². The van der Waals surface area contributed by atoms with E-state index in [9.17, 15) is 0 Å². The summed E-state index contributed by atoms with van der Waals surface area (Å²) in [4.78, 5) is 14.5. The van der Waals surface area contributed by atoms with Gasteiger partial charge in [-0.05, 0) is 56.4 Å². The first-order valence-corrected chi connectivity index (χ1v) is 10.7. The van der Waals surface area contributed by atoms with Crippen molar-refractivity contribution in [2.24, 2.45) is 0 Å². The van der Waals surface area contributed by atoms with Crippen LogP contribution in [0.25, 0.3) is 15.9 Å². The van der Waals surface area contributed by atoms with Crippen LogP contribution in [0.4, 0.5) is 0 Å². The van der Waals surface area contributed by atoms with Gasteiger partial charge in [-0.3, -0.25) is 9.30 Å². The summed E-state index contributed by atoms with van der Waals surface area (Å²) in [5, 5.41) is 11.5. The number of pyridine rings is 1. The van der Waals surface area contributed by atoms with E-state index in [0.29, 0.717) is 0 Å². The fraction of sp³-hybridized carbons (Fsp3) is 0.368. The highest BCUT2D eigenvalue weighted by molar-refractivity contribution is 7.99. The Morgan fingerprint density at radius 3 is 2.70 bits per heavy atom. The van der Waals surface area contributed by atoms with Crippen LogP contribution in [-0.2, 0) is 6.54 Å². The molecule has 6 nitrogen and oxygen atoms in total. The van der Waals surface area contributed by atoms with Crippen molar-refractivity contribution in [2.45, 2.75) is 44.4 Å². The number of aromatic nitrogens is 5. The third kappa shape index (κ3) is 3.44. The Labute approximate surface area is 166 Å². The van der Waals surface area contributed by atoms with E-state index in [1.807, 2.05) is 28.8 Å². The number of aryl methyl sites for hydroxylation is 2. The van der Waals surface area contributed by atoms with Gasteiger partial charge in [0.05, 0.1) is 6.54 Å². The SMILES string of the molecule is CCN(CC)Cc1nc(Sc2nnc3ccccn23)c2c(C)c(C)sc2n1. The maximum Gasteiger partial charge on any atom is 0.201 e. The van der Waals surface area contributed by atoms with Gasteiger partial charge in [0.25, 0.3) is 0 Å². The number of hydrogen-bond acceptors (Lipinski definition) is 7. The van der Waals surface area contributed by atoms with Gasteiger partial charge in [0.2, 0.25) is 5.16 Å². The summed E-state index contributed by atoms with van der Waals surface area (Å²) in [6.07, 6.45) is 1.98. The standard InChI is InChI=1S/C19H22N6S2/c1-5-24(6-2)11-14-20-17-16(12(3)13(4)26-17)18(21-14)27-19-23-22-15-9-7-8-10-25(15)19/h7-10H,5-6,11H2,1-4H3. The first-order chi connectivity index (χ1) is 13.1. The molecule has 0 aliphatic carbocycles. The average molecular weight is 399 g/mol. The molecule has 8 heteroatoms. The van der Waals surface area contributed by atoms with Crippen LogP contribution >= 0.6 is 23.1 Å². The first-order valence-electron chi connectivity index (χ1n) is 9.07. The molecule has 0 amide bonds. The number of fused-ring (bicyclic) bond motifs is 2. The predicted molar refractivity (Wildman–Crippen MR) is 111 cm³/mol. The minimum Gasteiger partial charge on any atom is -0.296 e. The molecule has 0 fully saturated rings. The molecule has 0 atom stereocenters. The minimum absolute atomic E-state index is 0.757. The Morgan fingerprint density at radius 1 is 1.11 bits per heavy atom. The Bertz CT molecular complexity index is 1100. The van der Waals surface area contributed by atoms with Crippen LogP contribution in [0.1, 0.15) is 30.1 Å². The largest absolute Gasteiger partial charge is 0.296 e. The number of rotatable bonds is 6. The predicted octanol–water partition coefficient (Wildman–Crippen LogP) is 4.34. The zero-order valence-electron chi connectivity index (χ0n) is 15.9. The lowest BCUT2D eigenvalue weighted by Gasteiger charge is -2.17. The first kappa shape index (κ1) is 18.3. The highest BCUT2D eigenvalue weighted by Crippen LogP contribution is 2.37. The lowest BCUT2D eigenvalue weighted by Crippen LogP contribution is -2.23. The van der Waals surface area contributed by atoms with E-state index >= 15 is 0 Å². The third-order valence-electron chi connectivity index (χ3n) is 4.77. The van der Waals surface area contributed by atoms with Crippen molar-refractivity contribution in [1.29, 1.82) is 0 Å². The molecule has 0 aromatic carbocycles. The van der Waals surface area contributed by atoms with Crippen LogP contribution in [0.3, 0.4) is 0 Å². The second kappa shape index (κ2) is 7.53. The van der Waals surface area contributed by atoms with Crippen molar-refractivity contribution in [2.75, 3.05) is 13.1 Å². The van der Waals surface area contributed by atoms with Gasteiger partial charge in [-0.1, -0.05) is 19.9 Å². The normalized spacial score (nSPS) is 11.9. The van der Waals surface area contributed by atoms with Gasteiger partial charge in [0.15, 0.2) is 5.65 Å². The second-order valence-corrected chi connectivity index (χ2v) is 8.54. The molecule has 27 heavy (non-hydrogen) atoms. The molecule has 140 valence electrons. The summed E-state index contributed by atoms with van der Waals surface area (Å²) < 4.78 is 2.00. The van der Waals surface area contributed by atoms with E-state index in [2.05, 4.69) is 42.8 Å². The molecule has 0 aliphatic rings. The quantitative estimate of drug-likeness (QED) is 0.450. The molecule has 0 radical (unpaired) electrons. The maximum atomic E-state index is 4.93. The van der Waals surface area contributed by atoms with Crippen LogP contribution in [0.2, 0.25) is 0 Å². The van der Waals surface area contributed by atoms with E-state index in [0.717, 1.165) is 51.5 Å². The maximum absolute atomic E-state index is 4.93. The van der Waals surface area contributed by atoms with Gasteiger partial charge < -0.3 is 0 Å². The van der Waals surface area contributed by atoms with Crippen LogP contribution in [0.5, 0.6) is 0 Å². The molecular weight excluding hydrogens is 376 g/mol. The Hall–Kier alpha value is -2.03. The monoisotopic (exact) mass is 398 g/mol. The highest BCUT2D eigenvalue weighted by Gasteiger charge is 2.18. The van der Waals surface area contributed by atoms with Crippen LogP contribution in [0, 0.1) is 13.8 Å². The van der Waals surface area contributed by atoms with E-state index < -0.39 is 0 Å². The Kier molecular flexibility index (Phi) is 5.12. The van der Waals surface area contributed by atoms with Gasteiger partial charge in [0, 0.05) is 16.5 Å². The van der Waals surface area contributed by atoms with E-state index in [1.165, 1.54) is 10.4 Å². The molecular formula is C19H22N6S2. The molecule has 4 heterocycles. The molecule has 0 bridgehead atoms. The zero-order valence-corrected chi connectivity index (χ0v) is 17.6. The van der Waals surface area contributed by atoms with Gasteiger partial charge >= 0.3 is 0 Å². The molecule has 0 saturated heterocycles. The highest BCUT2D eigenvalue weighted by atomic mass is 32.2. The lowest BCUT2D eigenvalue weighted by molar-refractivity contribution is 0.288. The average Bonchev–Trinajstić information content (AvgIpc) is 3.21. The van der Waals surface area contributed by atoms with E-state index in [4.69, 9.17) is 9.97 Å². The molecule has 0 aliphatic heterocycles. The van der Waals surface area contributed by atoms with Crippen molar-refractivity contribution < 1.29 is 0 Å². The van der Waals surface area contributed by atoms with Crippen molar-refractivity contribution in [1.82, 2.24) is 29.5 Å². The molecule has 0 N–H and O–H groups in total. The van der Waals surface area contributed by atoms with Gasteiger partial charge in [-0.2, -0.15) is 0 Å². The third-order valence-corrected chi connectivity index (χ3v) is 6.82. The van der Waals surface area contributed by atoms with E-state index in [1.54, 1.807) is 23.1 Å². The van der Waals surface area contributed by atoms with Gasteiger partial charge in [-0.25, -0.2) is 9.97 Å². The van der Waals surface area contributed by atoms with Crippen molar-refractivity contribution >= 4 is 39.0 Å². The molecule has 4 aromatic heterocycles. The van der Waals surface area contributed by atoms with Crippen molar-refractivity contribution in [3.63, 3.8) is 0 Å². The molecule has 0 saturated carbocycles. The topological polar surface area (TPSA) is 59.2 Å². The number of hydrogen-bond donors (Lipinski definition) is 0. The Morgan fingerprint density at radius 2 is 1.93 bits per heavy atom. The van der Waals surface area contributed by atoms with Gasteiger partial charge in [-0.15, -0.1) is 21.5 Å². The smallest absolute Gasteiger partial charge is 0.201 e. The van der Waals surface area contributed by atoms with Crippen LogP contribution in [0.15, 0.2) is 34.6 Å². The molecule has 4 rings (SSSR count). The second-order valence-electron chi connectivity index (χ2n) is 6.38. The summed E-state index contributed by atoms with van der Waals surface area (Å²) in [5.74, 6) is 0.865. The Balaban J connectivity index is 1.81.